The monoisotopic (exact) mass is 346 g/mol. The van der Waals surface area contributed by atoms with E-state index < -0.39 is 0 Å². The molecule has 2 amide bonds. The largest absolute Gasteiger partial charge is 0.345 e. The molecule has 0 aromatic rings. The molecule has 0 unspecified atom stereocenters. The van der Waals surface area contributed by atoms with Gasteiger partial charge in [0.15, 0.2) is 0 Å². The number of hydrogen-bond acceptors (Lipinski definition) is 5. The zero-order valence-electron chi connectivity index (χ0n) is 15.4. The Bertz CT molecular complexity index is 323. The summed E-state index contributed by atoms with van der Waals surface area (Å²) in [4.78, 5) is 31.5. The molecule has 0 saturated heterocycles. The van der Waals surface area contributed by atoms with Crippen molar-refractivity contribution >= 4 is 24.4 Å². The van der Waals surface area contributed by atoms with Gasteiger partial charge in [0.25, 0.3) is 0 Å². The van der Waals surface area contributed by atoms with Crippen molar-refractivity contribution in [1.29, 1.82) is 0 Å². The summed E-state index contributed by atoms with van der Waals surface area (Å²) in [7, 11) is 7.45. The maximum absolute atomic E-state index is 12.1. The molecule has 6 nitrogen and oxygen atoms in total. The van der Waals surface area contributed by atoms with Crippen LogP contribution in [0, 0.1) is 0 Å². The van der Waals surface area contributed by atoms with Gasteiger partial charge < -0.3 is 9.80 Å². The van der Waals surface area contributed by atoms with E-state index in [1.54, 1.807) is 9.80 Å². The molecule has 0 aliphatic rings. The first-order chi connectivity index (χ1) is 10.8. The Hall–Kier alpha value is -0.790. The van der Waals surface area contributed by atoms with Crippen LogP contribution in [0.5, 0.6) is 0 Å². The molecule has 0 aromatic heterocycles. The highest BCUT2D eigenvalue weighted by Gasteiger charge is 2.15. The van der Waals surface area contributed by atoms with Crippen molar-refractivity contribution in [3.63, 3.8) is 0 Å². The van der Waals surface area contributed by atoms with Gasteiger partial charge in [0.2, 0.25) is 11.8 Å². The van der Waals surface area contributed by atoms with Crippen LogP contribution >= 0.6 is 12.6 Å². The standard InChI is InChI=1S/C16H34N4O2S/c1-6-7-9-19(4)15(21)12-17(2)14-18(3)13-16(22)20(5)10-8-11-23/h23H,6-14H2,1-5H3. The van der Waals surface area contributed by atoms with Crippen molar-refractivity contribution in [2.45, 2.75) is 26.2 Å². The second-order valence-corrected chi connectivity index (χ2v) is 6.68. The van der Waals surface area contributed by atoms with Gasteiger partial charge in [0.05, 0.1) is 19.8 Å². The Balaban J connectivity index is 4.11. The van der Waals surface area contributed by atoms with Crippen LogP contribution in [0.25, 0.3) is 0 Å². The van der Waals surface area contributed by atoms with Crippen molar-refractivity contribution in [1.82, 2.24) is 19.6 Å². The van der Waals surface area contributed by atoms with E-state index in [2.05, 4.69) is 19.6 Å². The predicted octanol–water partition coefficient (Wildman–Crippen LogP) is 0.844. The highest BCUT2D eigenvalue weighted by molar-refractivity contribution is 7.80. The molecular formula is C16H34N4O2S. The van der Waals surface area contributed by atoms with Crippen LogP contribution in [-0.2, 0) is 9.59 Å². The number of likely N-dealkylation sites (N-methyl/N-ethyl adjacent to an activating group) is 4. The predicted molar refractivity (Wildman–Crippen MR) is 98.8 cm³/mol. The third-order valence-corrected chi connectivity index (χ3v) is 3.96. The topological polar surface area (TPSA) is 47.1 Å². The Morgan fingerprint density at radius 2 is 1.26 bits per heavy atom. The maximum atomic E-state index is 12.1. The first-order valence-electron chi connectivity index (χ1n) is 8.27. The summed E-state index contributed by atoms with van der Waals surface area (Å²) in [6, 6.07) is 0. The van der Waals surface area contributed by atoms with E-state index in [0.29, 0.717) is 19.8 Å². The van der Waals surface area contributed by atoms with Gasteiger partial charge in [-0.05, 0) is 32.7 Å². The van der Waals surface area contributed by atoms with Crippen molar-refractivity contribution < 1.29 is 9.59 Å². The summed E-state index contributed by atoms with van der Waals surface area (Å²) in [6.07, 6.45) is 3.01. The first kappa shape index (κ1) is 22.2. The van der Waals surface area contributed by atoms with Gasteiger partial charge in [-0.25, -0.2) is 0 Å². The van der Waals surface area contributed by atoms with Crippen LogP contribution in [-0.4, -0.2) is 98.2 Å². The van der Waals surface area contributed by atoms with E-state index in [-0.39, 0.29) is 11.8 Å². The fourth-order valence-electron chi connectivity index (χ4n) is 2.17. The van der Waals surface area contributed by atoms with Crippen LogP contribution in [0.15, 0.2) is 0 Å². The molecule has 0 aliphatic carbocycles. The molecule has 0 rings (SSSR count). The molecule has 0 saturated carbocycles. The first-order valence-corrected chi connectivity index (χ1v) is 8.90. The Morgan fingerprint density at radius 3 is 1.65 bits per heavy atom. The summed E-state index contributed by atoms with van der Waals surface area (Å²) < 4.78 is 0. The molecule has 0 spiro atoms. The second-order valence-electron chi connectivity index (χ2n) is 6.23. The fourth-order valence-corrected chi connectivity index (χ4v) is 2.31. The lowest BCUT2D eigenvalue weighted by Crippen LogP contribution is -2.44. The van der Waals surface area contributed by atoms with E-state index in [0.717, 1.165) is 38.1 Å². The molecule has 23 heavy (non-hydrogen) atoms. The Kier molecular flexibility index (Phi) is 12.2. The molecule has 7 heteroatoms. The number of carbonyl (C=O) groups is 2. The minimum atomic E-state index is 0.0917. The minimum Gasteiger partial charge on any atom is -0.345 e. The summed E-state index contributed by atoms with van der Waals surface area (Å²) in [5.41, 5.74) is 0. The zero-order valence-corrected chi connectivity index (χ0v) is 16.3. The molecule has 0 fully saturated rings. The van der Waals surface area contributed by atoms with Gasteiger partial charge in [-0.3, -0.25) is 19.4 Å². The van der Waals surface area contributed by atoms with Gasteiger partial charge in [0.1, 0.15) is 0 Å². The molecule has 0 atom stereocenters. The molecule has 0 aliphatic heterocycles. The van der Waals surface area contributed by atoms with Crippen LogP contribution in [0.2, 0.25) is 0 Å². The van der Waals surface area contributed by atoms with Crippen LogP contribution < -0.4 is 0 Å². The van der Waals surface area contributed by atoms with Crippen LogP contribution in [0.1, 0.15) is 26.2 Å². The molecule has 0 aromatic carbocycles. The van der Waals surface area contributed by atoms with Crippen molar-refractivity contribution in [2.24, 2.45) is 0 Å². The quantitative estimate of drug-likeness (QED) is 0.420. The minimum absolute atomic E-state index is 0.0917. The average molecular weight is 347 g/mol. The Labute approximate surface area is 147 Å². The molecule has 136 valence electrons. The molecule has 0 N–H and O–H groups in total. The highest BCUT2D eigenvalue weighted by atomic mass is 32.1. The normalized spacial score (nSPS) is 11.1. The molecule has 0 bridgehead atoms. The summed E-state index contributed by atoms with van der Waals surface area (Å²) in [6.45, 7) is 4.95. The lowest BCUT2D eigenvalue weighted by molar-refractivity contribution is -0.132. The van der Waals surface area contributed by atoms with Gasteiger partial charge >= 0.3 is 0 Å². The third-order valence-electron chi connectivity index (χ3n) is 3.64. The highest BCUT2D eigenvalue weighted by Crippen LogP contribution is 1.97. The SMILES string of the molecule is CCCCN(C)C(=O)CN(C)CN(C)CC(=O)N(C)CCCS. The Morgan fingerprint density at radius 1 is 0.826 bits per heavy atom. The third kappa shape index (κ3) is 10.6. The van der Waals surface area contributed by atoms with Gasteiger partial charge in [-0.1, -0.05) is 13.3 Å². The van der Waals surface area contributed by atoms with Crippen LogP contribution in [0.3, 0.4) is 0 Å². The fraction of sp³-hybridized carbons (Fsp3) is 0.875. The smallest absolute Gasteiger partial charge is 0.236 e. The summed E-state index contributed by atoms with van der Waals surface area (Å²) in [5, 5.41) is 0. The lowest BCUT2D eigenvalue weighted by Gasteiger charge is -2.27. The number of unbranched alkanes of at least 4 members (excludes halogenated alkanes) is 1. The van der Waals surface area contributed by atoms with Crippen molar-refractivity contribution in [3.8, 4) is 0 Å². The number of thiol groups is 1. The van der Waals surface area contributed by atoms with E-state index in [9.17, 15) is 9.59 Å². The van der Waals surface area contributed by atoms with Crippen molar-refractivity contribution in [3.05, 3.63) is 0 Å². The average Bonchev–Trinajstić information content (AvgIpc) is 2.49. The zero-order chi connectivity index (χ0) is 17.8. The second kappa shape index (κ2) is 12.6. The van der Waals surface area contributed by atoms with Gasteiger partial charge in [0, 0.05) is 27.2 Å². The van der Waals surface area contributed by atoms with E-state index >= 15 is 0 Å². The van der Waals surface area contributed by atoms with Gasteiger partial charge in [-0.15, -0.1) is 0 Å². The summed E-state index contributed by atoms with van der Waals surface area (Å²) in [5.74, 6) is 0.991. The number of amides is 2. The lowest BCUT2D eigenvalue weighted by atomic mass is 10.3. The summed E-state index contributed by atoms with van der Waals surface area (Å²) >= 11 is 4.16. The molecule has 0 radical (unpaired) electrons. The number of rotatable bonds is 12. The van der Waals surface area contributed by atoms with E-state index in [1.807, 2.05) is 38.0 Å². The number of carbonyl (C=O) groups excluding carboxylic acids is 2. The van der Waals surface area contributed by atoms with E-state index in [4.69, 9.17) is 0 Å². The number of hydrogen-bond donors (Lipinski definition) is 1. The van der Waals surface area contributed by atoms with Gasteiger partial charge in [-0.2, -0.15) is 12.6 Å². The van der Waals surface area contributed by atoms with E-state index in [1.165, 1.54) is 0 Å². The number of nitrogens with zero attached hydrogens (tertiary/aromatic N) is 4. The van der Waals surface area contributed by atoms with Crippen molar-refractivity contribution in [2.75, 3.05) is 66.8 Å². The maximum Gasteiger partial charge on any atom is 0.236 e. The van der Waals surface area contributed by atoms with Crippen LogP contribution in [0.4, 0.5) is 0 Å². The molecular weight excluding hydrogens is 312 g/mol. The molecule has 0 heterocycles.